The van der Waals surface area contributed by atoms with Crippen molar-refractivity contribution in [2.24, 2.45) is 5.92 Å². The zero-order chi connectivity index (χ0) is 13.7. The molecule has 0 radical (unpaired) electrons. The summed E-state index contributed by atoms with van der Waals surface area (Å²) in [5.41, 5.74) is 2.31. The minimum atomic E-state index is 0.0430. The molecule has 0 heterocycles. The van der Waals surface area contributed by atoms with Gasteiger partial charge in [-0.25, -0.2) is 0 Å². The summed E-state index contributed by atoms with van der Waals surface area (Å²) in [6.45, 7) is 2.26. The van der Waals surface area contributed by atoms with Crippen molar-refractivity contribution >= 4 is 5.91 Å². The highest BCUT2D eigenvalue weighted by Crippen LogP contribution is 2.17. The van der Waals surface area contributed by atoms with Gasteiger partial charge in [0.1, 0.15) is 0 Å². The van der Waals surface area contributed by atoms with Crippen LogP contribution in [0.2, 0.25) is 0 Å². The molecular formula is C16H21NO2. The van der Waals surface area contributed by atoms with Crippen LogP contribution >= 0.6 is 0 Å². The summed E-state index contributed by atoms with van der Waals surface area (Å²) in [6.07, 6.45) is 6.15. The van der Waals surface area contributed by atoms with E-state index in [1.165, 1.54) is 5.56 Å². The number of amides is 1. The van der Waals surface area contributed by atoms with Crippen molar-refractivity contribution in [3.63, 3.8) is 0 Å². The fraction of sp³-hybridized carbons (Fsp3) is 0.438. The number of rotatable bonds is 5. The molecule has 2 N–H and O–H groups in total. The SMILES string of the molecule is CCc1cccc(CC(=O)N[C@@H]2C=C[C@H](CO)C2)c1. The van der Waals surface area contributed by atoms with Crippen LogP contribution in [-0.4, -0.2) is 23.7 Å². The molecule has 0 unspecified atom stereocenters. The van der Waals surface area contributed by atoms with E-state index < -0.39 is 0 Å². The maximum Gasteiger partial charge on any atom is 0.224 e. The summed E-state index contributed by atoms with van der Waals surface area (Å²) in [7, 11) is 0. The summed E-state index contributed by atoms with van der Waals surface area (Å²) in [5.74, 6) is 0.232. The quantitative estimate of drug-likeness (QED) is 0.793. The predicted molar refractivity (Wildman–Crippen MR) is 75.8 cm³/mol. The molecule has 0 fully saturated rings. The zero-order valence-electron chi connectivity index (χ0n) is 11.3. The van der Waals surface area contributed by atoms with Gasteiger partial charge >= 0.3 is 0 Å². The number of carbonyl (C=O) groups is 1. The molecule has 0 saturated carbocycles. The number of benzene rings is 1. The molecule has 1 amide bonds. The average molecular weight is 259 g/mol. The normalized spacial score (nSPS) is 21.6. The lowest BCUT2D eigenvalue weighted by Gasteiger charge is -2.13. The molecule has 0 aliphatic heterocycles. The minimum Gasteiger partial charge on any atom is -0.396 e. The van der Waals surface area contributed by atoms with Crippen molar-refractivity contribution in [2.75, 3.05) is 6.61 Å². The molecular weight excluding hydrogens is 238 g/mol. The number of aliphatic hydroxyl groups is 1. The Balaban J connectivity index is 1.86. The standard InChI is InChI=1S/C16H21NO2/c1-2-12-4-3-5-13(8-12)10-16(19)17-15-7-6-14(9-15)11-18/h3-8,14-15,18H,2,9-11H2,1H3,(H,17,19)/t14-,15+/m0/s1. The molecule has 2 atom stereocenters. The second-order valence-electron chi connectivity index (χ2n) is 5.09. The first-order valence-corrected chi connectivity index (χ1v) is 6.87. The van der Waals surface area contributed by atoms with Crippen LogP contribution in [0.5, 0.6) is 0 Å². The second kappa shape index (κ2) is 6.53. The third kappa shape index (κ3) is 3.93. The van der Waals surface area contributed by atoms with Gasteiger partial charge in [0, 0.05) is 18.6 Å². The Morgan fingerprint density at radius 2 is 2.16 bits per heavy atom. The third-order valence-corrected chi connectivity index (χ3v) is 3.52. The van der Waals surface area contributed by atoms with Crippen LogP contribution < -0.4 is 5.32 Å². The van der Waals surface area contributed by atoms with Crippen LogP contribution in [-0.2, 0) is 17.6 Å². The predicted octanol–water partition coefficient (Wildman–Crippen LogP) is 1.84. The van der Waals surface area contributed by atoms with Gasteiger partial charge in [-0.05, 0) is 24.0 Å². The van der Waals surface area contributed by atoms with Gasteiger partial charge in [0.15, 0.2) is 0 Å². The topological polar surface area (TPSA) is 49.3 Å². The van der Waals surface area contributed by atoms with E-state index in [1.807, 2.05) is 24.3 Å². The molecule has 3 nitrogen and oxygen atoms in total. The Kier molecular flexibility index (Phi) is 4.74. The lowest BCUT2D eigenvalue weighted by Crippen LogP contribution is -2.34. The van der Waals surface area contributed by atoms with Crippen LogP contribution in [0.15, 0.2) is 36.4 Å². The number of carbonyl (C=O) groups excluding carboxylic acids is 1. The highest BCUT2D eigenvalue weighted by molar-refractivity contribution is 5.79. The van der Waals surface area contributed by atoms with E-state index in [-0.39, 0.29) is 24.5 Å². The highest BCUT2D eigenvalue weighted by atomic mass is 16.3. The fourth-order valence-electron chi connectivity index (χ4n) is 2.42. The molecule has 19 heavy (non-hydrogen) atoms. The van der Waals surface area contributed by atoms with E-state index in [0.29, 0.717) is 6.42 Å². The molecule has 0 aromatic heterocycles. The van der Waals surface area contributed by atoms with Crippen molar-refractivity contribution in [3.05, 3.63) is 47.5 Å². The number of aryl methyl sites for hydroxylation is 1. The molecule has 1 aliphatic rings. The molecule has 0 bridgehead atoms. The van der Waals surface area contributed by atoms with Crippen LogP contribution in [0.4, 0.5) is 0 Å². The first-order valence-electron chi connectivity index (χ1n) is 6.87. The maximum atomic E-state index is 12.0. The Hall–Kier alpha value is -1.61. The summed E-state index contributed by atoms with van der Waals surface area (Å²) in [4.78, 5) is 12.0. The summed E-state index contributed by atoms with van der Waals surface area (Å²) < 4.78 is 0. The minimum absolute atomic E-state index is 0.0430. The van der Waals surface area contributed by atoms with Crippen LogP contribution in [0, 0.1) is 5.92 Å². The first kappa shape index (κ1) is 13.8. The lowest BCUT2D eigenvalue weighted by atomic mass is 10.1. The summed E-state index contributed by atoms with van der Waals surface area (Å²) >= 11 is 0. The zero-order valence-corrected chi connectivity index (χ0v) is 11.3. The van der Waals surface area contributed by atoms with Gasteiger partial charge in [0.2, 0.25) is 5.91 Å². The molecule has 1 aliphatic carbocycles. The van der Waals surface area contributed by atoms with E-state index in [1.54, 1.807) is 0 Å². The van der Waals surface area contributed by atoms with Crippen molar-refractivity contribution in [1.29, 1.82) is 0 Å². The van der Waals surface area contributed by atoms with E-state index in [4.69, 9.17) is 5.11 Å². The van der Waals surface area contributed by atoms with E-state index in [0.717, 1.165) is 18.4 Å². The number of nitrogens with one attached hydrogen (secondary N) is 1. The largest absolute Gasteiger partial charge is 0.396 e. The Labute approximate surface area is 114 Å². The van der Waals surface area contributed by atoms with Gasteiger partial charge in [-0.2, -0.15) is 0 Å². The van der Waals surface area contributed by atoms with E-state index in [2.05, 4.69) is 24.4 Å². The number of hydrogen-bond donors (Lipinski definition) is 2. The number of hydrogen-bond acceptors (Lipinski definition) is 2. The van der Waals surface area contributed by atoms with E-state index >= 15 is 0 Å². The highest BCUT2D eigenvalue weighted by Gasteiger charge is 2.19. The van der Waals surface area contributed by atoms with Crippen molar-refractivity contribution < 1.29 is 9.90 Å². The smallest absolute Gasteiger partial charge is 0.224 e. The lowest BCUT2D eigenvalue weighted by molar-refractivity contribution is -0.120. The monoisotopic (exact) mass is 259 g/mol. The first-order chi connectivity index (χ1) is 9.21. The maximum absolute atomic E-state index is 12.0. The van der Waals surface area contributed by atoms with Crippen molar-refractivity contribution in [2.45, 2.75) is 32.2 Å². The molecule has 2 rings (SSSR count). The summed E-state index contributed by atoms with van der Waals surface area (Å²) in [5, 5.41) is 12.0. The molecule has 1 aromatic carbocycles. The average Bonchev–Trinajstić information content (AvgIpc) is 2.86. The van der Waals surface area contributed by atoms with Gasteiger partial charge in [-0.1, -0.05) is 43.3 Å². The van der Waals surface area contributed by atoms with Gasteiger partial charge in [0.25, 0.3) is 0 Å². The van der Waals surface area contributed by atoms with Crippen molar-refractivity contribution in [1.82, 2.24) is 5.32 Å². The third-order valence-electron chi connectivity index (χ3n) is 3.52. The van der Waals surface area contributed by atoms with E-state index in [9.17, 15) is 4.79 Å². The van der Waals surface area contributed by atoms with Crippen LogP contribution in [0.1, 0.15) is 24.5 Å². The molecule has 3 heteroatoms. The van der Waals surface area contributed by atoms with Gasteiger partial charge < -0.3 is 10.4 Å². The van der Waals surface area contributed by atoms with Gasteiger partial charge in [-0.3, -0.25) is 4.79 Å². The Morgan fingerprint density at radius 1 is 1.37 bits per heavy atom. The molecule has 1 aromatic rings. The number of aliphatic hydroxyl groups excluding tert-OH is 1. The van der Waals surface area contributed by atoms with Crippen LogP contribution in [0.3, 0.4) is 0 Å². The Bertz CT molecular complexity index is 468. The molecule has 102 valence electrons. The van der Waals surface area contributed by atoms with Crippen LogP contribution in [0.25, 0.3) is 0 Å². The summed E-state index contributed by atoms with van der Waals surface area (Å²) in [6, 6.07) is 8.21. The molecule has 0 spiro atoms. The fourth-order valence-corrected chi connectivity index (χ4v) is 2.42. The Morgan fingerprint density at radius 3 is 2.84 bits per heavy atom. The van der Waals surface area contributed by atoms with Gasteiger partial charge in [0.05, 0.1) is 6.42 Å². The second-order valence-corrected chi connectivity index (χ2v) is 5.09. The molecule has 0 saturated heterocycles. The van der Waals surface area contributed by atoms with Gasteiger partial charge in [-0.15, -0.1) is 0 Å². The van der Waals surface area contributed by atoms with Crippen molar-refractivity contribution in [3.8, 4) is 0 Å².